The monoisotopic (exact) mass is 412 g/mol. The Morgan fingerprint density at radius 2 is 1.41 bits per heavy atom. The fourth-order valence-electron chi connectivity index (χ4n) is 3.01. The summed E-state index contributed by atoms with van der Waals surface area (Å²) in [5.74, 6) is -0.376. The number of halogens is 1. The molecule has 0 bridgehead atoms. The van der Waals surface area contributed by atoms with Gasteiger partial charge in [0, 0.05) is 26.2 Å². The van der Waals surface area contributed by atoms with Crippen LogP contribution in [0.4, 0.5) is 10.1 Å². The van der Waals surface area contributed by atoms with E-state index in [0.29, 0.717) is 18.8 Å². The summed E-state index contributed by atoms with van der Waals surface area (Å²) in [4.78, 5) is 1.98. The number of para-hydroxylation sites is 1. The molecule has 0 aromatic heterocycles. The zero-order valence-electron chi connectivity index (χ0n) is 14.9. The molecular weight excluding hydrogens is 391 g/mol. The lowest BCUT2D eigenvalue weighted by Gasteiger charge is -2.35. The zero-order chi connectivity index (χ0) is 19.7. The first-order valence-electron chi connectivity index (χ1n) is 8.58. The maximum Gasteiger partial charge on any atom is 0.243 e. The van der Waals surface area contributed by atoms with Crippen LogP contribution in [-0.4, -0.2) is 53.1 Å². The Hall–Kier alpha value is -1.97. The maximum atomic E-state index is 13.9. The summed E-state index contributed by atoms with van der Waals surface area (Å²) in [6.45, 7) is 2.75. The van der Waals surface area contributed by atoms with Crippen LogP contribution in [0, 0.1) is 5.82 Å². The number of benzene rings is 2. The maximum absolute atomic E-state index is 13.9. The Morgan fingerprint density at radius 1 is 0.852 bits per heavy atom. The Morgan fingerprint density at radius 3 is 1.96 bits per heavy atom. The van der Waals surface area contributed by atoms with Gasteiger partial charge in [-0.2, -0.15) is 4.31 Å². The van der Waals surface area contributed by atoms with E-state index >= 15 is 0 Å². The number of sulfone groups is 1. The molecule has 0 amide bonds. The fourth-order valence-corrected chi connectivity index (χ4v) is 5.32. The van der Waals surface area contributed by atoms with Crippen LogP contribution in [0.25, 0.3) is 0 Å². The predicted molar refractivity (Wildman–Crippen MR) is 102 cm³/mol. The van der Waals surface area contributed by atoms with Crippen LogP contribution in [0.15, 0.2) is 58.3 Å². The molecule has 0 N–H and O–H groups in total. The van der Waals surface area contributed by atoms with E-state index in [-0.39, 0.29) is 34.5 Å². The first kappa shape index (κ1) is 19.8. The van der Waals surface area contributed by atoms with Crippen molar-refractivity contribution in [1.29, 1.82) is 0 Å². The van der Waals surface area contributed by atoms with Gasteiger partial charge in [-0.25, -0.2) is 21.2 Å². The summed E-state index contributed by atoms with van der Waals surface area (Å²) >= 11 is 0. The molecule has 0 atom stereocenters. The molecule has 3 rings (SSSR count). The molecule has 1 aliphatic rings. The second kappa shape index (κ2) is 7.57. The van der Waals surface area contributed by atoms with Crippen molar-refractivity contribution in [2.75, 3.05) is 36.8 Å². The molecule has 0 spiro atoms. The highest BCUT2D eigenvalue weighted by Crippen LogP contribution is 2.24. The molecule has 1 heterocycles. The van der Waals surface area contributed by atoms with Crippen LogP contribution in [-0.2, 0) is 19.9 Å². The van der Waals surface area contributed by atoms with Crippen molar-refractivity contribution in [3.63, 3.8) is 0 Å². The van der Waals surface area contributed by atoms with E-state index in [1.807, 2.05) is 4.90 Å². The second-order valence-corrected chi connectivity index (χ2v) is 10.4. The Bertz CT molecular complexity index is 1010. The Labute approximate surface area is 159 Å². The van der Waals surface area contributed by atoms with Crippen LogP contribution in [0.1, 0.15) is 6.92 Å². The quantitative estimate of drug-likeness (QED) is 0.752. The van der Waals surface area contributed by atoms with Crippen LogP contribution in [0.3, 0.4) is 0 Å². The van der Waals surface area contributed by atoms with Crippen LogP contribution in [0.5, 0.6) is 0 Å². The molecular formula is C18H21FN2O4S2. The SMILES string of the molecule is CCS(=O)(=O)c1ccc(S(=O)(=O)N2CCN(c3ccccc3F)CC2)cc1. The largest absolute Gasteiger partial charge is 0.367 e. The van der Waals surface area contributed by atoms with Crippen molar-refractivity contribution < 1.29 is 21.2 Å². The van der Waals surface area contributed by atoms with E-state index in [9.17, 15) is 21.2 Å². The van der Waals surface area contributed by atoms with Gasteiger partial charge in [-0.15, -0.1) is 0 Å². The van der Waals surface area contributed by atoms with Gasteiger partial charge in [0.15, 0.2) is 9.84 Å². The van der Waals surface area contributed by atoms with E-state index < -0.39 is 19.9 Å². The third-order valence-corrected chi connectivity index (χ3v) is 8.30. The molecule has 0 unspecified atom stereocenters. The van der Waals surface area contributed by atoms with Gasteiger partial charge in [0.25, 0.3) is 0 Å². The van der Waals surface area contributed by atoms with Gasteiger partial charge in [-0.3, -0.25) is 0 Å². The molecule has 1 fully saturated rings. The lowest BCUT2D eigenvalue weighted by atomic mass is 10.2. The smallest absolute Gasteiger partial charge is 0.243 e. The highest BCUT2D eigenvalue weighted by molar-refractivity contribution is 7.91. The summed E-state index contributed by atoms with van der Waals surface area (Å²) in [6.07, 6.45) is 0. The Kier molecular flexibility index (Phi) is 5.55. The first-order valence-corrected chi connectivity index (χ1v) is 11.7. The number of hydrogen-bond acceptors (Lipinski definition) is 5. The lowest BCUT2D eigenvalue weighted by Crippen LogP contribution is -2.48. The van der Waals surface area contributed by atoms with Gasteiger partial charge in [-0.05, 0) is 36.4 Å². The number of sulfonamides is 1. The van der Waals surface area contributed by atoms with Crippen molar-refractivity contribution in [3.8, 4) is 0 Å². The highest BCUT2D eigenvalue weighted by Gasteiger charge is 2.29. The van der Waals surface area contributed by atoms with Gasteiger partial charge in [0.2, 0.25) is 10.0 Å². The predicted octanol–water partition coefficient (Wildman–Crippen LogP) is 2.13. The molecule has 1 saturated heterocycles. The van der Waals surface area contributed by atoms with E-state index in [0.717, 1.165) is 0 Å². The summed E-state index contributed by atoms with van der Waals surface area (Å²) in [7, 11) is -7.11. The number of piperazine rings is 1. The van der Waals surface area contributed by atoms with Gasteiger partial charge in [0.05, 0.1) is 21.2 Å². The number of anilines is 1. The normalized spacial score (nSPS) is 16.4. The van der Waals surface area contributed by atoms with Crippen molar-refractivity contribution in [2.45, 2.75) is 16.7 Å². The van der Waals surface area contributed by atoms with Gasteiger partial charge < -0.3 is 4.90 Å². The third-order valence-electron chi connectivity index (χ3n) is 4.63. The Balaban J connectivity index is 1.74. The number of hydrogen-bond donors (Lipinski definition) is 0. The third kappa shape index (κ3) is 3.99. The standard InChI is InChI=1S/C18H21FN2O4S2/c1-2-26(22,23)15-7-9-16(10-8-15)27(24,25)21-13-11-20(12-14-21)18-6-4-3-5-17(18)19/h3-10H,2,11-14H2,1H3. The molecule has 0 radical (unpaired) electrons. The number of rotatable bonds is 5. The van der Waals surface area contributed by atoms with Crippen LogP contribution in [0.2, 0.25) is 0 Å². The molecule has 27 heavy (non-hydrogen) atoms. The van der Waals surface area contributed by atoms with Crippen LogP contribution < -0.4 is 4.90 Å². The van der Waals surface area contributed by atoms with E-state index in [2.05, 4.69) is 0 Å². The van der Waals surface area contributed by atoms with E-state index in [1.165, 1.54) is 41.6 Å². The van der Waals surface area contributed by atoms with Crippen molar-refractivity contribution >= 4 is 25.5 Å². The lowest BCUT2D eigenvalue weighted by molar-refractivity contribution is 0.383. The summed E-state index contributed by atoms with van der Waals surface area (Å²) in [5.41, 5.74) is 0.462. The molecule has 2 aromatic rings. The van der Waals surface area contributed by atoms with Crippen LogP contribution >= 0.6 is 0 Å². The van der Waals surface area contributed by atoms with Gasteiger partial charge >= 0.3 is 0 Å². The van der Waals surface area contributed by atoms with E-state index in [4.69, 9.17) is 0 Å². The van der Waals surface area contributed by atoms with Gasteiger partial charge in [-0.1, -0.05) is 19.1 Å². The van der Waals surface area contributed by atoms with Gasteiger partial charge in [0.1, 0.15) is 5.82 Å². The topological polar surface area (TPSA) is 74.8 Å². The summed E-state index contributed by atoms with van der Waals surface area (Å²) in [5, 5.41) is 0. The van der Waals surface area contributed by atoms with E-state index in [1.54, 1.807) is 18.2 Å². The van der Waals surface area contributed by atoms with Crippen molar-refractivity contribution in [2.24, 2.45) is 0 Å². The average Bonchev–Trinajstić information content (AvgIpc) is 2.68. The highest BCUT2D eigenvalue weighted by atomic mass is 32.2. The molecule has 2 aromatic carbocycles. The molecule has 146 valence electrons. The first-order chi connectivity index (χ1) is 12.8. The van der Waals surface area contributed by atoms with Crippen molar-refractivity contribution in [1.82, 2.24) is 4.31 Å². The fraction of sp³-hybridized carbons (Fsp3) is 0.333. The number of nitrogens with zero attached hydrogens (tertiary/aromatic N) is 2. The molecule has 0 saturated carbocycles. The molecule has 9 heteroatoms. The molecule has 1 aliphatic heterocycles. The minimum absolute atomic E-state index is 0.0445. The summed E-state index contributed by atoms with van der Waals surface area (Å²) in [6, 6.07) is 11.7. The molecule has 6 nitrogen and oxygen atoms in total. The summed E-state index contributed by atoms with van der Waals surface area (Å²) < 4.78 is 64.6. The molecule has 0 aliphatic carbocycles. The minimum Gasteiger partial charge on any atom is -0.367 e. The second-order valence-electron chi connectivity index (χ2n) is 6.22. The minimum atomic E-state index is -3.73. The van der Waals surface area contributed by atoms with Crippen molar-refractivity contribution in [3.05, 3.63) is 54.3 Å². The zero-order valence-corrected chi connectivity index (χ0v) is 16.5. The average molecular weight is 413 g/mol.